The van der Waals surface area contributed by atoms with Gasteiger partial charge in [0.25, 0.3) is 0 Å². The van der Waals surface area contributed by atoms with Crippen LogP contribution >= 0.6 is 0 Å². The molecule has 0 bridgehead atoms. The molecule has 2 aromatic rings. The van der Waals surface area contributed by atoms with Crippen molar-refractivity contribution >= 4 is 11.7 Å². The van der Waals surface area contributed by atoms with Gasteiger partial charge in [0.15, 0.2) is 18.1 Å². The third-order valence-electron chi connectivity index (χ3n) is 3.53. The van der Waals surface area contributed by atoms with E-state index in [4.69, 9.17) is 9.47 Å². The molecule has 0 spiro atoms. The van der Waals surface area contributed by atoms with Gasteiger partial charge in [0.05, 0.1) is 7.11 Å². The summed E-state index contributed by atoms with van der Waals surface area (Å²) in [5.74, 6) is 0.490. The van der Waals surface area contributed by atoms with E-state index in [1.807, 2.05) is 13.0 Å². The monoisotopic (exact) mass is 368 g/mol. The Balaban J connectivity index is 1.95. The van der Waals surface area contributed by atoms with Crippen molar-refractivity contribution in [3.63, 3.8) is 0 Å². The van der Waals surface area contributed by atoms with Crippen molar-refractivity contribution in [1.29, 1.82) is 0 Å². The number of carbonyl (C=O) groups is 1. The second-order valence-electron chi connectivity index (χ2n) is 5.61. The predicted molar refractivity (Wildman–Crippen MR) is 90.5 cm³/mol. The highest BCUT2D eigenvalue weighted by Crippen LogP contribution is 2.30. The van der Waals surface area contributed by atoms with Gasteiger partial charge in [-0.1, -0.05) is 12.1 Å². The van der Waals surface area contributed by atoms with E-state index in [-0.39, 0.29) is 23.8 Å². The van der Waals surface area contributed by atoms with E-state index < -0.39 is 12.8 Å². The van der Waals surface area contributed by atoms with Gasteiger partial charge in [-0.15, -0.1) is 0 Å². The molecule has 0 saturated heterocycles. The summed E-state index contributed by atoms with van der Waals surface area (Å²) in [4.78, 5) is 16.1. The van der Waals surface area contributed by atoms with Crippen LogP contribution in [0.2, 0.25) is 0 Å². The van der Waals surface area contributed by atoms with E-state index in [0.717, 1.165) is 11.1 Å². The Bertz CT molecular complexity index is 764. The minimum absolute atomic E-state index is 0.00198. The zero-order valence-electron chi connectivity index (χ0n) is 14.4. The number of alkyl halides is 3. The van der Waals surface area contributed by atoms with E-state index in [2.05, 4.69) is 10.3 Å². The average Bonchev–Trinajstić information content (AvgIpc) is 2.59. The number of hydrogen-bond acceptors (Lipinski definition) is 4. The van der Waals surface area contributed by atoms with Crippen LogP contribution in [0.25, 0.3) is 0 Å². The van der Waals surface area contributed by atoms with Gasteiger partial charge in [0, 0.05) is 12.6 Å². The Kier molecular flexibility index (Phi) is 6.43. The van der Waals surface area contributed by atoms with E-state index in [9.17, 15) is 18.0 Å². The van der Waals surface area contributed by atoms with Crippen LogP contribution in [0.4, 0.5) is 19.0 Å². The van der Waals surface area contributed by atoms with Gasteiger partial charge in [-0.2, -0.15) is 13.2 Å². The van der Waals surface area contributed by atoms with Crippen molar-refractivity contribution in [3.8, 4) is 11.5 Å². The molecule has 0 radical (unpaired) electrons. The molecule has 1 heterocycles. The van der Waals surface area contributed by atoms with Gasteiger partial charge < -0.3 is 14.8 Å². The molecule has 0 aliphatic carbocycles. The highest BCUT2D eigenvalue weighted by atomic mass is 19.4. The summed E-state index contributed by atoms with van der Waals surface area (Å²) >= 11 is 0. The zero-order chi connectivity index (χ0) is 19.2. The number of amides is 1. The molecule has 0 unspecified atom stereocenters. The van der Waals surface area contributed by atoms with Gasteiger partial charge in [-0.25, -0.2) is 4.98 Å². The molecule has 2 rings (SSSR count). The fourth-order valence-corrected chi connectivity index (χ4v) is 2.22. The van der Waals surface area contributed by atoms with Crippen LogP contribution in [0.1, 0.15) is 17.5 Å². The summed E-state index contributed by atoms with van der Waals surface area (Å²) in [7, 11) is 1.34. The van der Waals surface area contributed by atoms with E-state index in [1.165, 1.54) is 13.2 Å². The number of carbonyl (C=O) groups excluding carboxylic acids is 1. The number of rotatable bonds is 7. The first-order chi connectivity index (χ1) is 12.3. The second kappa shape index (κ2) is 8.55. The minimum atomic E-state index is -4.43. The SMILES string of the molecule is COc1cc(CCC(=O)Nc2ncccc2C)ccc1OCC(F)(F)F. The highest BCUT2D eigenvalue weighted by Gasteiger charge is 2.29. The molecule has 140 valence electrons. The quantitative estimate of drug-likeness (QED) is 0.805. The van der Waals surface area contributed by atoms with Gasteiger partial charge in [0.2, 0.25) is 5.91 Å². The third-order valence-corrected chi connectivity index (χ3v) is 3.53. The summed E-state index contributed by atoms with van der Waals surface area (Å²) in [5.41, 5.74) is 1.60. The number of nitrogens with zero attached hydrogens (tertiary/aromatic N) is 1. The highest BCUT2D eigenvalue weighted by molar-refractivity contribution is 5.90. The fraction of sp³-hybridized carbons (Fsp3) is 0.333. The molecular weight excluding hydrogens is 349 g/mol. The van der Waals surface area contributed by atoms with Crippen molar-refractivity contribution in [2.24, 2.45) is 0 Å². The normalized spacial score (nSPS) is 11.1. The number of benzene rings is 1. The Morgan fingerprint density at radius 1 is 1.23 bits per heavy atom. The number of halogens is 3. The number of aryl methyl sites for hydroxylation is 2. The first-order valence-corrected chi connectivity index (χ1v) is 7.86. The standard InChI is InChI=1S/C18H19F3N2O3/c1-12-4-3-9-22-17(12)23-16(24)8-6-13-5-7-14(15(10-13)25-2)26-11-18(19,20)21/h3-5,7,9-10H,6,8,11H2,1-2H3,(H,22,23,24). The summed E-state index contributed by atoms with van der Waals surface area (Å²) in [6.45, 7) is 0.446. The lowest BCUT2D eigenvalue weighted by Gasteiger charge is -2.13. The number of aromatic nitrogens is 1. The average molecular weight is 368 g/mol. The fourth-order valence-electron chi connectivity index (χ4n) is 2.22. The maximum absolute atomic E-state index is 12.3. The molecule has 0 saturated carbocycles. The predicted octanol–water partition coefficient (Wildman–Crippen LogP) is 3.91. The lowest BCUT2D eigenvalue weighted by Crippen LogP contribution is -2.19. The maximum Gasteiger partial charge on any atom is 0.422 e. The van der Waals surface area contributed by atoms with Crippen LogP contribution in [-0.2, 0) is 11.2 Å². The van der Waals surface area contributed by atoms with Crippen molar-refractivity contribution < 1.29 is 27.4 Å². The Labute approximate surface area is 149 Å². The number of ether oxygens (including phenoxy) is 2. The molecule has 0 fully saturated rings. The zero-order valence-corrected chi connectivity index (χ0v) is 14.4. The van der Waals surface area contributed by atoms with Crippen molar-refractivity contribution in [2.45, 2.75) is 25.9 Å². The second-order valence-corrected chi connectivity index (χ2v) is 5.61. The largest absolute Gasteiger partial charge is 0.493 e. The van der Waals surface area contributed by atoms with Crippen LogP contribution < -0.4 is 14.8 Å². The number of anilines is 1. The summed E-state index contributed by atoms with van der Waals surface area (Å²) < 4.78 is 46.6. The van der Waals surface area contributed by atoms with Crippen LogP contribution in [0.3, 0.4) is 0 Å². The number of nitrogens with one attached hydrogen (secondary N) is 1. The Morgan fingerprint density at radius 3 is 2.65 bits per heavy atom. The van der Waals surface area contributed by atoms with Crippen molar-refractivity contribution in [1.82, 2.24) is 4.98 Å². The van der Waals surface area contributed by atoms with Crippen LogP contribution in [0.5, 0.6) is 11.5 Å². The van der Waals surface area contributed by atoms with Crippen LogP contribution in [-0.4, -0.2) is 30.8 Å². The molecule has 26 heavy (non-hydrogen) atoms. The van der Waals surface area contributed by atoms with E-state index in [1.54, 1.807) is 24.4 Å². The smallest absolute Gasteiger partial charge is 0.422 e. The number of methoxy groups -OCH3 is 1. The first kappa shape index (κ1) is 19.6. The Morgan fingerprint density at radius 2 is 2.00 bits per heavy atom. The first-order valence-electron chi connectivity index (χ1n) is 7.86. The van der Waals surface area contributed by atoms with E-state index in [0.29, 0.717) is 12.2 Å². The van der Waals surface area contributed by atoms with Gasteiger partial charge >= 0.3 is 6.18 Å². The molecule has 0 aliphatic rings. The molecule has 0 atom stereocenters. The summed E-state index contributed by atoms with van der Waals surface area (Å²) in [6, 6.07) is 8.19. The molecule has 1 aromatic heterocycles. The van der Waals surface area contributed by atoms with Crippen LogP contribution in [0.15, 0.2) is 36.5 Å². The maximum atomic E-state index is 12.3. The van der Waals surface area contributed by atoms with Gasteiger partial charge in [-0.3, -0.25) is 4.79 Å². The number of hydrogen-bond donors (Lipinski definition) is 1. The Hall–Kier alpha value is -2.77. The van der Waals surface area contributed by atoms with Gasteiger partial charge in [-0.05, 0) is 42.7 Å². The molecule has 8 heteroatoms. The molecule has 1 amide bonds. The lowest BCUT2D eigenvalue weighted by atomic mass is 10.1. The molecule has 1 N–H and O–H groups in total. The summed E-state index contributed by atoms with van der Waals surface area (Å²) in [5, 5.41) is 2.73. The minimum Gasteiger partial charge on any atom is -0.493 e. The third kappa shape index (κ3) is 5.94. The number of pyridine rings is 1. The topological polar surface area (TPSA) is 60.5 Å². The lowest BCUT2D eigenvalue weighted by molar-refractivity contribution is -0.153. The summed E-state index contributed by atoms with van der Waals surface area (Å²) in [6.07, 6.45) is -2.24. The van der Waals surface area contributed by atoms with Crippen molar-refractivity contribution in [2.75, 3.05) is 19.0 Å². The van der Waals surface area contributed by atoms with E-state index >= 15 is 0 Å². The van der Waals surface area contributed by atoms with Gasteiger partial charge in [0.1, 0.15) is 5.82 Å². The molecular formula is C18H19F3N2O3. The van der Waals surface area contributed by atoms with Crippen molar-refractivity contribution in [3.05, 3.63) is 47.7 Å². The molecule has 0 aliphatic heterocycles. The molecule has 1 aromatic carbocycles. The molecule has 5 nitrogen and oxygen atoms in total. The van der Waals surface area contributed by atoms with Crippen LogP contribution in [0, 0.1) is 6.92 Å².